The molecule has 0 radical (unpaired) electrons. The van der Waals surface area contributed by atoms with Crippen LogP contribution in [0.1, 0.15) is 32.1 Å². The summed E-state index contributed by atoms with van der Waals surface area (Å²) in [6.07, 6.45) is 6.95. The number of rotatable bonds is 0. The molecule has 1 saturated carbocycles. The maximum Gasteiger partial charge on any atom is 0.0562 e. The third-order valence-electron chi connectivity index (χ3n) is 4.06. The summed E-state index contributed by atoms with van der Waals surface area (Å²) in [4.78, 5) is 1.25. The predicted molar refractivity (Wildman–Crippen MR) is 76.2 cm³/mol. The Labute approximate surface area is 112 Å². The zero-order valence-corrected chi connectivity index (χ0v) is 11.5. The first kappa shape index (κ1) is 11.7. The van der Waals surface area contributed by atoms with Gasteiger partial charge in [-0.15, -0.1) is 11.8 Å². The molecule has 0 amide bonds. The molecule has 0 saturated heterocycles. The maximum atomic E-state index is 6.28. The highest BCUT2D eigenvalue weighted by atomic mass is 35.5. The molecule has 1 aromatic carbocycles. The summed E-state index contributed by atoms with van der Waals surface area (Å²) in [7, 11) is 0. The summed E-state index contributed by atoms with van der Waals surface area (Å²) in [5.41, 5.74) is 1.73. The Morgan fingerprint density at radius 3 is 2.82 bits per heavy atom. The second-order valence-corrected chi connectivity index (χ2v) is 6.71. The zero-order valence-electron chi connectivity index (χ0n) is 9.97. The SMILES string of the molecule is Clc1cccc2c1SCC1(CCCCC1)CN2. The van der Waals surface area contributed by atoms with E-state index in [1.165, 1.54) is 48.4 Å². The van der Waals surface area contributed by atoms with Gasteiger partial charge in [0.1, 0.15) is 0 Å². The van der Waals surface area contributed by atoms with Crippen LogP contribution in [0, 0.1) is 5.41 Å². The summed E-state index contributed by atoms with van der Waals surface area (Å²) in [6, 6.07) is 6.18. The van der Waals surface area contributed by atoms with Gasteiger partial charge >= 0.3 is 0 Å². The summed E-state index contributed by atoms with van der Waals surface area (Å²) in [6.45, 7) is 1.12. The highest BCUT2D eigenvalue weighted by Gasteiger charge is 2.34. The van der Waals surface area contributed by atoms with E-state index in [1.54, 1.807) is 0 Å². The van der Waals surface area contributed by atoms with Crippen LogP contribution in [0.25, 0.3) is 0 Å². The van der Waals surface area contributed by atoms with Crippen LogP contribution in [0.15, 0.2) is 23.1 Å². The van der Waals surface area contributed by atoms with Crippen LogP contribution < -0.4 is 5.32 Å². The molecule has 1 N–H and O–H groups in total. The van der Waals surface area contributed by atoms with E-state index < -0.39 is 0 Å². The van der Waals surface area contributed by atoms with Crippen LogP contribution >= 0.6 is 23.4 Å². The molecule has 1 aliphatic carbocycles. The predicted octanol–water partition coefficient (Wildman–Crippen LogP) is 4.81. The number of nitrogens with one attached hydrogen (secondary N) is 1. The number of anilines is 1. The third kappa shape index (κ3) is 2.30. The molecule has 3 heteroatoms. The molecule has 0 atom stereocenters. The monoisotopic (exact) mass is 267 g/mol. The molecule has 2 aliphatic rings. The lowest BCUT2D eigenvalue weighted by molar-refractivity contribution is 0.241. The first-order chi connectivity index (χ1) is 8.29. The van der Waals surface area contributed by atoms with Crippen molar-refractivity contribution in [3.8, 4) is 0 Å². The maximum absolute atomic E-state index is 6.28. The fourth-order valence-electron chi connectivity index (χ4n) is 2.98. The van der Waals surface area contributed by atoms with Crippen molar-refractivity contribution in [1.29, 1.82) is 0 Å². The van der Waals surface area contributed by atoms with E-state index in [2.05, 4.69) is 11.4 Å². The van der Waals surface area contributed by atoms with E-state index in [1.807, 2.05) is 23.9 Å². The lowest BCUT2D eigenvalue weighted by atomic mass is 9.75. The van der Waals surface area contributed by atoms with Gasteiger partial charge < -0.3 is 5.32 Å². The van der Waals surface area contributed by atoms with E-state index in [9.17, 15) is 0 Å². The highest BCUT2D eigenvalue weighted by molar-refractivity contribution is 7.99. The Morgan fingerprint density at radius 1 is 1.18 bits per heavy atom. The molecule has 1 aromatic rings. The van der Waals surface area contributed by atoms with Crippen molar-refractivity contribution in [2.75, 3.05) is 17.6 Å². The quantitative estimate of drug-likeness (QED) is 0.724. The van der Waals surface area contributed by atoms with E-state index in [4.69, 9.17) is 11.6 Å². The van der Waals surface area contributed by atoms with Crippen molar-refractivity contribution in [1.82, 2.24) is 0 Å². The molecule has 1 fully saturated rings. The van der Waals surface area contributed by atoms with E-state index in [0.717, 1.165) is 11.6 Å². The Morgan fingerprint density at radius 2 is 2.00 bits per heavy atom. The van der Waals surface area contributed by atoms with Crippen LogP contribution in [0.3, 0.4) is 0 Å². The lowest BCUT2D eigenvalue weighted by Crippen LogP contribution is -2.33. The van der Waals surface area contributed by atoms with Crippen LogP contribution in [0.4, 0.5) is 5.69 Å². The summed E-state index contributed by atoms with van der Waals surface area (Å²) >= 11 is 8.23. The molecule has 1 aliphatic heterocycles. The first-order valence-corrected chi connectivity index (χ1v) is 7.81. The topological polar surface area (TPSA) is 12.0 Å². The summed E-state index contributed by atoms with van der Waals surface area (Å²) < 4.78 is 0. The molecule has 1 spiro atoms. The molecule has 3 rings (SSSR count). The van der Waals surface area contributed by atoms with E-state index >= 15 is 0 Å². The smallest absolute Gasteiger partial charge is 0.0562 e. The van der Waals surface area contributed by atoms with Gasteiger partial charge in [-0.05, 0) is 30.4 Å². The van der Waals surface area contributed by atoms with Gasteiger partial charge in [-0.25, -0.2) is 0 Å². The minimum absolute atomic E-state index is 0.505. The average molecular weight is 268 g/mol. The van der Waals surface area contributed by atoms with Crippen LogP contribution in [0.5, 0.6) is 0 Å². The number of thioether (sulfide) groups is 1. The van der Waals surface area contributed by atoms with Gasteiger partial charge in [-0.1, -0.05) is 36.9 Å². The standard InChI is InChI=1S/C14H18ClNS/c15-11-5-4-6-12-13(11)17-10-14(9-16-12)7-2-1-3-8-14/h4-6,16H,1-3,7-10H2. The second-order valence-electron chi connectivity index (χ2n) is 5.32. The first-order valence-electron chi connectivity index (χ1n) is 6.44. The van der Waals surface area contributed by atoms with Gasteiger partial charge in [0.2, 0.25) is 0 Å². The van der Waals surface area contributed by atoms with Crippen LogP contribution in [-0.2, 0) is 0 Å². The van der Waals surface area contributed by atoms with Crippen molar-refractivity contribution >= 4 is 29.1 Å². The molecule has 0 aromatic heterocycles. The van der Waals surface area contributed by atoms with Gasteiger partial charge in [0.05, 0.1) is 5.02 Å². The fourth-order valence-corrected chi connectivity index (χ4v) is 4.66. The molecule has 0 bridgehead atoms. The number of halogens is 1. The van der Waals surface area contributed by atoms with E-state index in [0.29, 0.717) is 5.41 Å². The third-order valence-corrected chi connectivity index (χ3v) is 5.97. The number of hydrogen-bond donors (Lipinski definition) is 1. The Balaban J connectivity index is 1.85. The van der Waals surface area contributed by atoms with Gasteiger partial charge in [-0.2, -0.15) is 0 Å². The minimum Gasteiger partial charge on any atom is -0.384 e. The van der Waals surface area contributed by atoms with Crippen molar-refractivity contribution in [3.05, 3.63) is 23.2 Å². The number of hydrogen-bond acceptors (Lipinski definition) is 2. The molecule has 92 valence electrons. The summed E-state index contributed by atoms with van der Waals surface area (Å²) in [5, 5.41) is 4.52. The van der Waals surface area contributed by atoms with Gasteiger partial charge in [0.25, 0.3) is 0 Å². The molecule has 17 heavy (non-hydrogen) atoms. The zero-order chi connectivity index (χ0) is 11.7. The van der Waals surface area contributed by atoms with Crippen molar-refractivity contribution < 1.29 is 0 Å². The van der Waals surface area contributed by atoms with Gasteiger partial charge in [0.15, 0.2) is 0 Å². The van der Waals surface area contributed by atoms with Gasteiger partial charge in [-0.3, -0.25) is 0 Å². The minimum atomic E-state index is 0.505. The van der Waals surface area contributed by atoms with Crippen molar-refractivity contribution in [2.24, 2.45) is 5.41 Å². The number of benzene rings is 1. The van der Waals surface area contributed by atoms with Crippen LogP contribution in [0.2, 0.25) is 5.02 Å². The van der Waals surface area contributed by atoms with Crippen LogP contribution in [-0.4, -0.2) is 12.3 Å². The Hall–Kier alpha value is -0.340. The highest BCUT2D eigenvalue weighted by Crippen LogP contribution is 2.46. The number of fused-ring (bicyclic) bond motifs is 1. The Bertz CT molecular complexity index is 413. The molecular weight excluding hydrogens is 250 g/mol. The van der Waals surface area contributed by atoms with E-state index in [-0.39, 0.29) is 0 Å². The molecule has 1 nitrogen and oxygen atoms in total. The lowest BCUT2D eigenvalue weighted by Gasteiger charge is -2.35. The van der Waals surface area contributed by atoms with Gasteiger partial charge in [0, 0.05) is 22.9 Å². The molecular formula is C14H18ClNS. The normalized spacial score (nSPS) is 22.6. The largest absolute Gasteiger partial charge is 0.384 e. The fraction of sp³-hybridized carbons (Fsp3) is 0.571. The second kappa shape index (κ2) is 4.74. The Kier molecular flexibility index (Phi) is 3.27. The average Bonchev–Trinajstić information content (AvgIpc) is 2.53. The summed E-state index contributed by atoms with van der Waals surface area (Å²) in [5.74, 6) is 1.22. The molecule has 1 heterocycles. The van der Waals surface area contributed by atoms with Crippen molar-refractivity contribution in [2.45, 2.75) is 37.0 Å². The van der Waals surface area contributed by atoms with Crippen molar-refractivity contribution in [3.63, 3.8) is 0 Å². The molecule has 0 unspecified atom stereocenters.